The molecule has 17 heavy (non-hydrogen) atoms. The summed E-state index contributed by atoms with van der Waals surface area (Å²) in [5.41, 5.74) is 0.0214. The number of benzene rings is 1. The lowest BCUT2D eigenvalue weighted by atomic mass is 10.2. The van der Waals surface area contributed by atoms with E-state index in [2.05, 4.69) is 0 Å². The summed E-state index contributed by atoms with van der Waals surface area (Å²) in [5.74, 6) is 0.328. The minimum atomic E-state index is -0.417. The van der Waals surface area contributed by atoms with Crippen LogP contribution in [0.4, 0.5) is 5.69 Å². The van der Waals surface area contributed by atoms with Crippen LogP contribution in [-0.2, 0) is 0 Å². The van der Waals surface area contributed by atoms with Crippen LogP contribution in [0.25, 0.3) is 0 Å². The average molecular weight is 259 g/mol. The third-order valence-electron chi connectivity index (χ3n) is 2.60. The van der Waals surface area contributed by atoms with Crippen molar-refractivity contribution < 1.29 is 9.76 Å². The van der Waals surface area contributed by atoms with E-state index >= 15 is 0 Å². The zero-order valence-electron chi connectivity index (χ0n) is 9.37. The van der Waals surface area contributed by atoms with Crippen LogP contribution < -0.4 is 4.84 Å². The Hall–Kier alpha value is -1.33. The zero-order valence-corrected chi connectivity index (χ0v) is 10.2. The number of nitrogens with zero attached hydrogens (tertiary/aromatic N) is 2. The summed E-state index contributed by atoms with van der Waals surface area (Å²) in [7, 11) is 0. The molecule has 0 amide bonds. The van der Waals surface area contributed by atoms with E-state index in [1.807, 2.05) is 0 Å². The Morgan fingerprint density at radius 1 is 1.18 bits per heavy atom. The zero-order chi connectivity index (χ0) is 11.4. The van der Waals surface area contributed by atoms with Crippen LogP contribution >= 0.6 is 12.4 Å². The van der Waals surface area contributed by atoms with E-state index in [0.29, 0.717) is 5.75 Å². The van der Waals surface area contributed by atoms with Gasteiger partial charge >= 0.3 is 5.69 Å². The number of hydrogen-bond acceptors (Lipinski definition) is 4. The Balaban J connectivity index is 0.00000144. The predicted octanol–water partition coefficient (Wildman–Crippen LogP) is 2.80. The maximum atomic E-state index is 10.8. The summed E-state index contributed by atoms with van der Waals surface area (Å²) < 4.78 is 0. The van der Waals surface area contributed by atoms with Crippen molar-refractivity contribution >= 4 is 18.1 Å². The van der Waals surface area contributed by atoms with E-state index < -0.39 is 4.92 Å². The number of hydroxylamine groups is 2. The number of hydrogen-bond donors (Lipinski definition) is 0. The van der Waals surface area contributed by atoms with Crippen LogP contribution in [0.1, 0.15) is 19.3 Å². The maximum Gasteiger partial charge on any atom is 0.313 e. The van der Waals surface area contributed by atoms with Gasteiger partial charge in [0.1, 0.15) is 0 Å². The molecule has 5 nitrogen and oxygen atoms in total. The summed E-state index contributed by atoms with van der Waals surface area (Å²) in [5, 5.41) is 12.6. The molecule has 1 heterocycles. The SMILES string of the molecule is Cl.O=[N+]([O-])c1ccccc1ON1CCCCC1. The fraction of sp³-hybridized carbons (Fsp3) is 0.455. The van der Waals surface area contributed by atoms with Gasteiger partial charge in [0.05, 0.1) is 4.92 Å². The minimum Gasteiger partial charge on any atom is -0.399 e. The molecule has 0 spiro atoms. The number of rotatable bonds is 3. The molecule has 0 atom stereocenters. The molecular formula is C11H15ClN2O3. The van der Waals surface area contributed by atoms with Crippen molar-refractivity contribution in [2.24, 2.45) is 0 Å². The second-order valence-electron chi connectivity index (χ2n) is 3.81. The third kappa shape index (κ3) is 3.57. The minimum absolute atomic E-state index is 0. The average Bonchev–Trinajstić information content (AvgIpc) is 2.31. The molecule has 0 bridgehead atoms. The largest absolute Gasteiger partial charge is 0.399 e. The molecule has 1 aliphatic rings. The lowest BCUT2D eigenvalue weighted by molar-refractivity contribution is -0.387. The van der Waals surface area contributed by atoms with Gasteiger partial charge in [-0.15, -0.1) is 17.5 Å². The monoisotopic (exact) mass is 258 g/mol. The Morgan fingerprint density at radius 2 is 1.82 bits per heavy atom. The molecule has 0 radical (unpaired) electrons. The van der Waals surface area contributed by atoms with Crippen molar-refractivity contribution in [3.05, 3.63) is 34.4 Å². The van der Waals surface area contributed by atoms with E-state index in [4.69, 9.17) is 4.84 Å². The molecule has 1 fully saturated rings. The summed E-state index contributed by atoms with van der Waals surface area (Å²) in [6.45, 7) is 1.68. The normalized spacial score (nSPS) is 16.0. The van der Waals surface area contributed by atoms with Crippen molar-refractivity contribution in [2.75, 3.05) is 13.1 Å². The molecule has 94 valence electrons. The van der Waals surface area contributed by atoms with Gasteiger partial charge in [-0.2, -0.15) is 0 Å². The molecule has 1 aliphatic heterocycles. The lowest BCUT2D eigenvalue weighted by Crippen LogP contribution is -2.32. The lowest BCUT2D eigenvalue weighted by Gasteiger charge is -2.25. The molecule has 1 aromatic rings. The quantitative estimate of drug-likeness (QED) is 0.618. The molecule has 0 unspecified atom stereocenters. The fourth-order valence-electron chi connectivity index (χ4n) is 1.78. The van der Waals surface area contributed by atoms with E-state index in [-0.39, 0.29) is 18.1 Å². The van der Waals surface area contributed by atoms with Crippen molar-refractivity contribution in [3.8, 4) is 5.75 Å². The Kier molecular flexibility index (Phi) is 5.18. The number of piperidine rings is 1. The van der Waals surface area contributed by atoms with Gasteiger partial charge < -0.3 is 4.84 Å². The first-order valence-corrected chi connectivity index (χ1v) is 5.44. The topological polar surface area (TPSA) is 55.6 Å². The number of para-hydroxylation sites is 2. The molecule has 1 aromatic carbocycles. The van der Waals surface area contributed by atoms with Crippen LogP contribution in [0.15, 0.2) is 24.3 Å². The van der Waals surface area contributed by atoms with Crippen LogP contribution in [0.5, 0.6) is 5.75 Å². The van der Waals surface area contributed by atoms with Gasteiger partial charge in [-0.3, -0.25) is 10.1 Å². The number of nitro benzene ring substituents is 1. The van der Waals surface area contributed by atoms with Gasteiger partial charge in [0, 0.05) is 19.2 Å². The van der Waals surface area contributed by atoms with Gasteiger partial charge in [-0.25, -0.2) is 0 Å². The van der Waals surface area contributed by atoms with Crippen molar-refractivity contribution in [1.82, 2.24) is 5.06 Å². The molecule has 0 aliphatic carbocycles. The molecule has 0 aromatic heterocycles. The van der Waals surface area contributed by atoms with Crippen LogP contribution in [0.2, 0.25) is 0 Å². The highest BCUT2D eigenvalue weighted by molar-refractivity contribution is 5.85. The van der Waals surface area contributed by atoms with Crippen LogP contribution in [-0.4, -0.2) is 23.1 Å². The molecule has 0 N–H and O–H groups in total. The highest BCUT2D eigenvalue weighted by Crippen LogP contribution is 2.27. The first-order valence-electron chi connectivity index (χ1n) is 5.44. The molecule has 0 saturated carbocycles. The maximum absolute atomic E-state index is 10.8. The first kappa shape index (κ1) is 13.7. The van der Waals surface area contributed by atoms with Crippen molar-refractivity contribution in [2.45, 2.75) is 19.3 Å². The van der Waals surface area contributed by atoms with Crippen molar-refractivity contribution in [1.29, 1.82) is 0 Å². The van der Waals surface area contributed by atoms with Crippen molar-refractivity contribution in [3.63, 3.8) is 0 Å². The summed E-state index contributed by atoms with van der Waals surface area (Å²) in [6, 6.07) is 6.47. The van der Waals surface area contributed by atoms with Gasteiger partial charge in [0.25, 0.3) is 0 Å². The predicted molar refractivity (Wildman–Crippen MR) is 66.4 cm³/mol. The van der Waals surface area contributed by atoms with Crippen LogP contribution in [0.3, 0.4) is 0 Å². The van der Waals surface area contributed by atoms with Gasteiger partial charge in [0.15, 0.2) is 0 Å². The first-order chi connectivity index (χ1) is 7.77. The number of halogens is 1. The van der Waals surface area contributed by atoms with Gasteiger partial charge in [-0.05, 0) is 18.9 Å². The molecule has 2 rings (SSSR count). The van der Waals surface area contributed by atoms with Crippen LogP contribution in [0, 0.1) is 10.1 Å². The molecule has 1 saturated heterocycles. The van der Waals surface area contributed by atoms with Gasteiger partial charge in [-0.1, -0.05) is 18.6 Å². The Morgan fingerprint density at radius 3 is 2.47 bits per heavy atom. The highest BCUT2D eigenvalue weighted by atomic mass is 35.5. The molecule has 6 heteroatoms. The second kappa shape index (κ2) is 6.42. The van der Waals surface area contributed by atoms with E-state index in [1.165, 1.54) is 12.5 Å². The molecular weight excluding hydrogens is 244 g/mol. The standard InChI is InChI=1S/C11H14N2O3.ClH/c14-13(15)10-6-2-3-7-11(10)16-12-8-4-1-5-9-12;/h2-3,6-7H,1,4-5,8-9H2;1H. The van der Waals surface area contributed by atoms with E-state index in [0.717, 1.165) is 25.9 Å². The summed E-state index contributed by atoms with van der Waals surface area (Å²) in [6.07, 6.45) is 3.37. The van der Waals surface area contributed by atoms with Gasteiger partial charge in [0.2, 0.25) is 5.75 Å². The summed E-state index contributed by atoms with van der Waals surface area (Å²) in [4.78, 5) is 15.9. The number of nitro groups is 1. The third-order valence-corrected chi connectivity index (χ3v) is 2.60. The second-order valence-corrected chi connectivity index (χ2v) is 3.81. The highest BCUT2D eigenvalue weighted by Gasteiger charge is 2.18. The Bertz CT molecular complexity index is 381. The Labute approximate surface area is 106 Å². The summed E-state index contributed by atoms with van der Waals surface area (Å²) >= 11 is 0. The van der Waals surface area contributed by atoms with E-state index in [1.54, 1.807) is 23.3 Å². The smallest absolute Gasteiger partial charge is 0.313 e. The van der Waals surface area contributed by atoms with E-state index in [9.17, 15) is 10.1 Å². The fourth-order valence-corrected chi connectivity index (χ4v) is 1.78.